The second kappa shape index (κ2) is 7.75. The highest BCUT2D eigenvalue weighted by Crippen LogP contribution is 2.48. The largest absolute Gasteiger partial charge is 0.352 e. The summed E-state index contributed by atoms with van der Waals surface area (Å²) in [6.07, 6.45) is 8.51. The topological polar surface area (TPSA) is 71.1 Å². The predicted molar refractivity (Wildman–Crippen MR) is 116 cm³/mol. The molecule has 0 spiro atoms. The fourth-order valence-electron chi connectivity index (χ4n) is 4.90. The molecule has 0 saturated heterocycles. The number of aromatic nitrogens is 1. The fraction of sp³-hybridized carbons (Fsp3) is 0.240. The number of carbonyl (C=O) groups excluding carboxylic acids is 2. The number of carbonyl (C=O) groups is 2. The smallest absolute Gasteiger partial charge is 0.228 e. The standard InChI is InChI=1S/C25H23N3O2/c29-24(27-15-16-5-4-12-26-14-16)22-18-10-11-19(13-18)23(22)25(30)28-21-9-3-7-17-6-1-2-8-20(17)21/h1-12,14,18-19,22-23H,13,15H2,(H,27,29)(H,28,30). The minimum absolute atomic E-state index is 0.0613. The predicted octanol–water partition coefficient (Wildman–Crippen LogP) is 3.93. The molecule has 1 fully saturated rings. The highest BCUT2D eigenvalue weighted by atomic mass is 16.2. The van der Waals surface area contributed by atoms with Crippen molar-refractivity contribution in [2.24, 2.45) is 23.7 Å². The molecule has 2 aromatic carbocycles. The first kappa shape index (κ1) is 18.6. The molecule has 2 aliphatic carbocycles. The Kier molecular flexibility index (Phi) is 4.79. The number of hydrogen-bond donors (Lipinski definition) is 2. The Morgan fingerprint density at radius 3 is 2.47 bits per heavy atom. The Balaban J connectivity index is 1.35. The average Bonchev–Trinajstić information content (AvgIpc) is 3.40. The fourth-order valence-corrected chi connectivity index (χ4v) is 4.90. The van der Waals surface area contributed by atoms with Gasteiger partial charge in [-0.05, 0) is 41.3 Å². The number of anilines is 1. The Labute approximate surface area is 175 Å². The van der Waals surface area contributed by atoms with Crippen LogP contribution in [0, 0.1) is 23.7 Å². The minimum Gasteiger partial charge on any atom is -0.352 e. The van der Waals surface area contributed by atoms with Crippen LogP contribution in [0.3, 0.4) is 0 Å². The number of rotatable bonds is 5. The molecule has 2 bridgehead atoms. The van der Waals surface area contributed by atoms with Crippen LogP contribution >= 0.6 is 0 Å². The summed E-state index contributed by atoms with van der Waals surface area (Å²) in [5, 5.41) is 8.20. The monoisotopic (exact) mass is 397 g/mol. The normalized spacial score (nSPS) is 24.1. The summed E-state index contributed by atoms with van der Waals surface area (Å²) in [7, 11) is 0. The van der Waals surface area contributed by atoms with E-state index in [4.69, 9.17) is 0 Å². The third-order valence-corrected chi connectivity index (χ3v) is 6.30. The number of fused-ring (bicyclic) bond motifs is 3. The van der Waals surface area contributed by atoms with Crippen LogP contribution in [0.4, 0.5) is 5.69 Å². The van der Waals surface area contributed by atoms with Gasteiger partial charge in [0.2, 0.25) is 11.8 Å². The van der Waals surface area contributed by atoms with Gasteiger partial charge in [-0.3, -0.25) is 14.6 Å². The zero-order valence-electron chi connectivity index (χ0n) is 16.5. The van der Waals surface area contributed by atoms with E-state index >= 15 is 0 Å². The van der Waals surface area contributed by atoms with Gasteiger partial charge in [0.25, 0.3) is 0 Å². The van der Waals surface area contributed by atoms with E-state index in [-0.39, 0.29) is 35.5 Å². The summed E-state index contributed by atoms with van der Waals surface area (Å²) in [5.74, 6) is -0.607. The van der Waals surface area contributed by atoms with E-state index in [0.717, 1.165) is 28.4 Å². The molecule has 30 heavy (non-hydrogen) atoms. The van der Waals surface area contributed by atoms with Crippen molar-refractivity contribution < 1.29 is 9.59 Å². The third kappa shape index (κ3) is 3.36. The Bertz CT molecular complexity index is 1120. The van der Waals surface area contributed by atoms with Gasteiger partial charge in [-0.2, -0.15) is 0 Å². The maximum atomic E-state index is 13.3. The van der Waals surface area contributed by atoms with E-state index < -0.39 is 0 Å². The van der Waals surface area contributed by atoms with Crippen molar-refractivity contribution in [1.29, 1.82) is 0 Å². The van der Waals surface area contributed by atoms with Crippen molar-refractivity contribution in [1.82, 2.24) is 10.3 Å². The van der Waals surface area contributed by atoms with E-state index in [1.54, 1.807) is 12.4 Å². The number of nitrogens with one attached hydrogen (secondary N) is 2. The lowest BCUT2D eigenvalue weighted by Crippen LogP contribution is -2.41. The SMILES string of the molecule is O=C(NCc1cccnc1)C1C2C=CC(C2)C1C(=O)Nc1cccc2ccccc12. The molecular formula is C25H23N3O2. The van der Waals surface area contributed by atoms with Crippen LogP contribution < -0.4 is 10.6 Å². The summed E-state index contributed by atoms with van der Waals surface area (Å²) >= 11 is 0. The van der Waals surface area contributed by atoms with Gasteiger partial charge >= 0.3 is 0 Å². The average molecular weight is 397 g/mol. The van der Waals surface area contributed by atoms with E-state index in [9.17, 15) is 9.59 Å². The molecule has 5 nitrogen and oxygen atoms in total. The van der Waals surface area contributed by atoms with Crippen LogP contribution in [-0.2, 0) is 16.1 Å². The Morgan fingerprint density at radius 2 is 1.67 bits per heavy atom. The molecule has 2 N–H and O–H groups in total. The Hall–Kier alpha value is -3.47. The molecule has 5 heteroatoms. The van der Waals surface area contributed by atoms with Crippen LogP contribution in [0.2, 0.25) is 0 Å². The number of benzene rings is 2. The summed E-state index contributed by atoms with van der Waals surface area (Å²) in [4.78, 5) is 30.4. The lowest BCUT2D eigenvalue weighted by Gasteiger charge is -2.26. The quantitative estimate of drug-likeness (QED) is 0.641. The van der Waals surface area contributed by atoms with Crippen LogP contribution in [0.1, 0.15) is 12.0 Å². The summed E-state index contributed by atoms with van der Waals surface area (Å²) in [6.45, 7) is 0.419. The molecule has 150 valence electrons. The molecule has 0 aliphatic heterocycles. The van der Waals surface area contributed by atoms with Crippen molar-refractivity contribution in [2.75, 3.05) is 5.32 Å². The summed E-state index contributed by atoms with van der Waals surface area (Å²) < 4.78 is 0. The maximum Gasteiger partial charge on any atom is 0.228 e. The van der Waals surface area contributed by atoms with Gasteiger partial charge in [0, 0.05) is 30.0 Å². The van der Waals surface area contributed by atoms with Gasteiger partial charge in [-0.15, -0.1) is 0 Å². The minimum atomic E-state index is -0.354. The highest BCUT2D eigenvalue weighted by molar-refractivity contribution is 6.04. The number of amides is 2. The van der Waals surface area contributed by atoms with E-state index in [0.29, 0.717) is 6.54 Å². The number of allylic oxidation sites excluding steroid dienone is 2. The van der Waals surface area contributed by atoms with Gasteiger partial charge in [0.1, 0.15) is 0 Å². The molecular weight excluding hydrogens is 374 g/mol. The molecule has 1 aromatic heterocycles. The number of hydrogen-bond acceptors (Lipinski definition) is 3. The van der Waals surface area contributed by atoms with Crippen molar-refractivity contribution in [3.05, 3.63) is 84.7 Å². The van der Waals surface area contributed by atoms with Crippen molar-refractivity contribution >= 4 is 28.3 Å². The van der Waals surface area contributed by atoms with Crippen molar-refractivity contribution in [3.8, 4) is 0 Å². The highest BCUT2D eigenvalue weighted by Gasteiger charge is 2.51. The van der Waals surface area contributed by atoms with Crippen LogP contribution in [0.25, 0.3) is 10.8 Å². The molecule has 3 aromatic rings. The molecule has 4 unspecified atom stereocenters. The molecule has 1 saturated carbocycles. The van der Waals surface area contributed by atoms with Crippen LogP contribution in [0.5, 0.6) is 0 Å². The first-order valence-electron chi connectivity index (χ1n) is 10.3. The molecule has 4 atom stereocenters. The van der Waals surface area contributed by atoms with Gasteiger partial charge < -0.3 is 10.6 Å². The zero-order valence-corrected chi connectivity index (χ0v) is 16.5. The maximum absolute atomic E-state index is 13.3. The first-order chi connectivity index (χ1) is 14.7. The van der Waals surface area contributed by atoms with Crippen LogP contribution in [0.15, 0.2) is 79.1 Å². The molecule has 1 heterocycles. The molecule has 2 aliphatic rings. The third-order valence-electron chi connectivity index (χ3n) is 6.30. The molecule has 0 radical (unpaired) electrons. The zero-order chi connectivity index (χ0) is 20.5. The van der Waals surface area contributed by atoms with Gasteiger partial charge in [-0.25, -0.2) is 0 Å². The van der Waals surface area contributed by atoms with Gasteiger partial charge in [0.15, 0.2) is 0 Å². The van der Waals surface area contributed by atoms with E-state index in [2.05, 4.69) is 27.8 Å². The lowest BCUT2D eigenvalue weighted by molar-refractivity contribution is -0.133. The van der Waals surface area contributed by atoms with Crippen LogP contribution in [-0.4, -0.2) is 16.8 Å². The summed E-state index contributed by atoms with van der Waals surface area (Å²) in [5.41, 5.74) is 1.74. The first-order valence-corrected chi connectivity index (χ1v) is 10.3. The number of nitrogens with zero attached hydrogens (tertiary/aromatic N) is 1. The van der Waals surface area contributed by atoms with E-state index in [1.165, 1.54) is 0 Å². The second-order valence-corrected chi connectivity index (χ2v) is 8.09. The van der Waals surface area contributed by atoms with Crippen molar-refractivity contribution in [3.63, 3.8) is 0 Å². The second-order valence-electron chi connectivity index (χ2n) is 8.09. The summed E-state index contributed by atoms with van der Waals surface area (Å²) in [6, 6.07) is 17.6. The Morgan fingerprint density at radius 1 is 0.900 bits per heavy atom. The molecule has 2 amide bonds. The number of pyridine rings is 1. The van der Waals surface area contributed by atoms with E-state index in [1.807, 2.05) is 54.6 Å². The van der Waals surface area contributed by atoms with Crippen molar-refractivity contribution in [2.45, 2.75) is 13.0 Å². The molecule has 5 rings (SSSR count). The lowest BCUT2D eigenvalue weighted by atomic mass is 9.81. The van der Waals surface area contributed by atoms with Gasteiger partial charge in [-0.1, -0.05) is 54.6 Å². The van der Waals surface area contributed by atoms with Gasteiger partial charge in [0.05, 0.1) is 11.8 Å².